The van der Waals surface area contributed by atoms with Gasteiger partial charge in [0.2, 0.25) is 10.0 Å². The number of nitrogens with zero attached hydrogens (tertiary/aromatic N) is 3. The van der Waals surface area contributed by atoms with E-state index in [2.05, 4.69) is 4.99 Å². The molecule has 0 unspecified atom stereocenters. The van der Waals surface area contributed by atoms with Crippen molar-refractivity contribution >= 4 is 49.2 Å². The number of aromatic nitrogens is 1. The number of aryl methyl sites for hydroxylation is 1. The highest BCUT2D eigenvalue weighted by molar-refractivity contribution is 7.98. The first-order valence-corrected chi connectivity index (χ1v) is 13.7. The Balaban J connectivity index is 1.49. The van der Waals surface area contributed by atoms with E-state index in [-0.39, 0.29) is 16.7 Å². The zero-order valence-electron chi connectivity index (χ0n) is 18.1. The number of fused-ring (bicyclic) bond motifs is 1. The molecule has 1 fully saturated rings. The fourth-order valence-electron chi connectivity index (χ4n) is 3.87. The molecule has 0 radical (unpaired) electrons. The topological polar surface area (TPSA) is 81.0 Å². The lowest BCUT2D eigenvalue weighted by Gasteiger charge is -2.29. The summed E-state index contributed by atoms with van der Waals surface area (Å²) in [6.45, 7) is 0.621. The van der Waals surface area contributed by atoms with Crippen molar-refractivity contribution in [1.82, 2.24) is 8.87 Å². The molecular weight excluding hydrogens is 466 g/mol. The van der Waals surface area contributed by atoms with E-state index in [4.69, 9.17) is 4.74 Å². The second-order valence-corrected chi connectivity index (χ2v) is 11.4. The number of hydrogen-bond donors (Lipinski definition) is 0. The number of rotatable bonds is 5. The van der Waals surface area contributed by atoms with Crippen LogP contribution in [-0.4, -0.2) is 49.7 Å². The normalized spacial score (nSPS) is 16.5. The number of hydrogen-bond acceptors (Lipinski definition) is 6. The van der Waals surface area contributed by atoms with Crippen LogP contribution in [0.4, 0.5) is 0 Å². The minimum atomic E-state index is -3.56. The molecule has 0 aliphatic carbocycles. The summed E-state index contributed by atoms with van der Waals surface area (Å²) >= 11 is 3.01. The van der Waals surface area contributed by atoms with Crippen molar-refractivity contribution in [3.05, 3.63) is 47.3 Å². The molecule has 170 valence electrons. The molecule has 7 nitrogen and oxygen atoms in total. The largest absolute Gasteiger partial charge is 0.495 e. The Hall–Kier alpha value is -2.14. The highest BCUT2D eigenvalue weighted by Gasteiger charge is 2.32. The summed E-state index contributed by atoms with van der Waals surface area (Å²) in [7, 11) is -0.0761. The van der Waals surface area contributed by atoms with Gasteiger partial charge in [0.25, 0.3) is 5.91 Å². The Morgan fingerprint density at radius 3 is 2.47 bits per heavy atom. The summed E-state index contributed by atoms with van der Waals surface area (Å²) in [6, 6.07) is 12.7. The summed E-state index contributed by atoms with van der Waals surface area (Å²) in [5, 5.41) is 0. The molecule has 1 aliphatic heterocycles. The molecule has 1 amide bonds. The zero-order chi connectivity index (χ0) is 22.9. The Bertz CT molecular complexity index is 1300. The number of sulfonamides is 1. The zero-order valence-corrected chi connectivity index (χ0v) is 20.6. The molecule has 0 spiro atoms. The third-order valence-electron chi connectivity index (χ3n) is 5.71. The summed E-state index contributed by atoms with van der Waals surface area (Å²) in [5.74, 6) is 0.249. The van der Waals surface area contributed by atoms with Crippen molar-refractivity contribution in [2.45, 2.75) is 22.6 Å². The van der Waals surface area contributed by atoms with E-state index in [9.17, 15) is 13.2 Å². The van der Waals surface area contributed by atoms with Gasteiger partial charge in [-0.25, -0.2) is 8.42 Å². The molecule has 0 saturated carbocycles. The molecule has 1 saturated heterocycles. The van der Waals surface area contributed by atoms with E-state index in [1.807, 2.05) is 48.2 Å². The number of carbonyl (C=O) groups excluding carboxylic acids is 1. The lowest BCUT2D eigenvalue weighted by atomic mass is 9.98. The summed E-state index contributed by atoms with van der Waals surface area (Å²) in [6.07, 6.45) is 2.87. The molecule has 0 N–H and O–H groups in total. The predicted molar refractivity (Wildman–Crippen MR) is 128 cm³/mol. The van der Waals surface area contributed by atoms with Gasteiger partial charge in [-0.15, -0.1) is 11.8 Å². The fraction of sp³-hybridized carbons (Fsp3) is 0.364. The van der Waals surface area contributed by atoms with Crippen LogP contribution in [0.1, 0.15) is 12.8 Å². The van der Waals surface area contributed by atoms with E-state index in [1.54, 1.807) is 31.0 Å². The Kier molecular flexibility index (Phi) is 6.75. The van der Waals surface area contributed by atoms with Crippen molar-refractivity contribution < 1.29 is 17.9 Å². The quantitative estimate of drug-likeness (QED) is 0.511. The highest BCUT2D eigenvalue weighted by Crippen LogP contribution is 2.28. The number of thioether (sulfide) groups is 1. The monoisotopic (exact) mass is 491 g/mol. The number of benzene rings is 2. The van der Waals surface area contributed by atoms with Gasteiger partial charge in [-0.05, 0) is 55.5 Å². The molecule has 32 heavy (non-hydrogen) atoms. The molecule has 1 aromatic heterocycles. The van der Waals surface area contributed by atoms with Crippen molar-refractivity contribution in [3.63, 3.8) is 0 Å². The molecule has 1 aliphatic rings. The lowest BCUT2D eigenvalue weighted by molar-refractivity contribution is -0.122. The molecule has 0 bridgehead atoms. The maximum absolute atomic E-state index is 13.0. The third-order valence-corrected chi connectivity index (χ3v) is 9.47. The van der Waals surface area contributed by atoms with E-state index in [0.29, 0.717) is 30.7 Å². The highest BCUT2D eigenvalue weighted by atomic mass is 32.2. The summed E-state index contributed by atoms with van der Waals surface area (Å²) in [5.41, 5.74) is 0.903. The van der Waals surface area contributed by atoms with Crippen LogP contribution in [0.15, 0.2) is 57.2 Å². The minimum absolute atomic E-state index is 0.201. The second-order valence-electron chi connectivity index (χ2n) is 7.55. The van der Waals surface area contributed by atoms with Crippen LogP contribution in [0.25, 0.3) is 10.2 Å². The van der Waals surface area contributed by atoms with Gasteiger partial charge < -0.3 is 9.30 Å². The van der Waals surface area contributed by atoms with Gasteiger partial charge in [-0.1, -0.05) is 17.4 Å². The van der Waals surface area contributed by atoms with Crippen molar-refractivity contribution in [2.75, 3.05) is 26.5 Å². The molecule has 4 rings (SSSR count). The number of piperidine rings is 1. The lowest BCUT2D eigenvalue weighted by Crippen LogP contribution is -2.40. The van der Waals surface area contributed by atoms with Gasteiger partial charge in [-0.3, -0.25) is 4.79 Å². The molecule has 2 heterocycles. The number of ether oxygens (including phenoxy) is 1. The van der Waals surface area contributed by atoms with Crippen LogP contribution in [-0.2, 0) is 21.9 Å². The summed E-state index contributed by atoms with van der Waals surface area (Å²) in [4.78, 5) is 19.2. The molecule has 0 atom stereocenters. The van der Waals surface area contributed by atoms with Crippen LogP contribution in [0.5, 0.6) is 5.75 Å². The average Bonchev–Trinajstić information content (AvgIpc) is 3.14. The molecule has 3 aromatic rings. The first-order chi connectivity index (χ1) is 15.3. The maximum atomic E-state index is 13.0. The van der Waals surface area contributed by atoms with Gasteiger partial charge in [0.1, 0.15) is 11.3 Å². The standard InChI is InChI=1S/C22H25N3O4S3/c1-24-20-18(29-2)5-4-6-19(20)31-22(24)23-21(26)15-11-13-25(14-12-15)32(27,28)17-9-7-16(30-3)8-10-17/h4-10,15H,11-14H2,1-3H3. The summed E-state index contributed by atoms with van der Waals surface area (Å²) < 4.78 is 35.7. The van der Waals surface area contributed by atoms with Crippen molar-refractivity contribution in [3.8, 4) is 5.75 Å². The Morgan fingerprint density at radius 2 is 1.84 bits per heavy atom. The second kappa shape index (κ2) is 9.38. The first-order valence-electron chi connectivity index (χ1n) is 10.2. The molecule has 2 aromatic carbocycles. The van der Waals surface area contributed by atoms with E-state index in [0.717, 1.165) is 20.9 Å². The average molecular weight is 492 g/mol. The van der Waals surface area contributed by atoms with E-state index >= 15 is 0 Å². The van der Waals surface area contributed by atoms with E-state index < -0.39 is 10.0 Å². The van der Waals surface area contributed by atoms with Gasteiger partial charge in [0.15, 0.2) is 4.80 Å². The van der Waals surface area contributed by atoms with Crippen LogP contribution < -0.4 is 9.54 Å². The third kappa shape index (κ3) is 4.36. The van der Waals surface area contributed by atoms with Crippen LogP contribution >= 0.6 is 23.1 Å². The first kappa shape index (κ1) is 23.0. The van der Waals surface area contributed by atoms with Crippen molar-refractivity contribution in [2.24, 2.45) is 18.0 Å². The van der Waals surface area contributed by atoms with Crippen LogP contribution in [0.2, 0.25) is 0 Å². The maximum Gasteiger partial charge on any atom is 0.251 e. The number of amides is 1. The van der Waals surface area contributed by atoms with E-state index in [1.165, 1.54) is 15.6 Å². The van der Waals surface area contributed by atoms with Gasteiger partial charge in [0.05, 0.1) is 16.7 Å². The number of carbonyl (C=O) groups is 1. The number of methoxy groups -OCH3 is 1. The van der Waals surface area contributed by atoms with Crippen LogP contribution in [0, 0.1) is 5.92 Å². The van der Waals surface area contributed by atoms with Gasteiger partial charge in [0, 0.05) is 31.0 Å². The molecule has 10 heteroatoms. The van der Waals surface area contributed by atoms with Gasteiger partial charge >= 0.3 is 0 Å². The Morgan fingerprint density at radius 1 is 1.16 bits per heavy atom. The van der Waals surface area contributed by atoms with Crippen molar-refractivity contribution in [1.29, 1.82) is 0 Å². The fourth-order valence-corrected chi connectivity index (χ4v) is 6.78. The predicted octanol–water partition coefficient (Wildman–Crippen LogP) is 3.50. The van der Waals surface area contributed by atoms with Gasteiger partial charge in [-0.2, -0.15) is 9.30 Å². The number of thiazole rings is 1. The smallest absolute Gasteiger partial charge is 0.251 e. The number of para-hydroxylation sites is 1. The SMILES string of the molecule is COc1cccc2sc(=NC(=O)C3CCN(S(=O)(=O)c4ccc(SC)cc4)CC3)n(C)c12. The minimum Gasteiger partial charge on any atom is -0.495 e. The Labute approximate surface area is 195 Å². The van der Waals surface area contributed by atoms with Crippen LogP contribution in [0.3, 0.4) is 0 Å². The molecular formula is C22H25N3O4S3.